The van der Waals surface area contributed by atoms with E-state index in [-0.39, 0.29) is 16.6 Å². The van der Waals surface area contributed by atoms with Gasteiger partial charge in [0, 0.05) is 44.1 Å². The first-order valence-electron chi connectivity index (χ1n) is 6.26. The Labute approximate surface area is 117 Å². The van der Waals surface area contributed by atoms with Crippen LogP contribution in [0.25, 0.3) is 0 Å². The van der Waals surface area contributed by atoms with Crippen LogP contribution in [0.4, 0.5) is 11.4 Å². The van der Waals surface area contributed by atoms with Gasteiger partial charge in [0.15, 0.2) is 9.84 Å². The van der Waals surface area contributed by atoms with E-state index in [0.29, 0.717) is 18.8 Å². The second-order valence-corrected chi connectivity index (χ2v) is 6.91. The number of hydrogen-bond acceptors (Lipinski definition) is 6. The topological polar surface area (TPSA) is 92.5 Å². The quantitative estimate of drug-likeness (QED) is 0.655. The Morgan fingerprint density at radius 1 is 1.45 bits per heavy atom. The number of rotatable bonds is 3. The monoisotopic (exact) mass is 299 g/mol. The van der Waals surface area contributed by atoms with Crippen LogP contribution in [0.1, 0.15) is 6.92 Å². The van der Waals surface area contributed by atoms with Crippen molar-refractivity contribution in [2.45, 2.75) is 17.9 Å². The van der Waals surface area contributed by atoms with Gasteiger partial charge in [0.1, 0.15) is 0 Å². The van der Waals surface area contributed by atoms with E-state index in [1.165, 1.54) is 18.2 Å². The van der Waals surface area contributed by atoms with Crippen LogP contribution >= 0.6 is 0 Å². The van der Waals surface area contributed by atoms with Crippen LogP contribution in [0.5, 0.6) is 0 Å². The number of nitrogens with one attached hydrogen (secondary N) is 1. The zero-order chi connectivity index (χ0) is 14.9. The minimum absolute atomic E-state index is 0.0752. The van der Waals surface area contributed by atoms with Gasteiger partial charge in [-0.25, -0.2) is 8.42 Å². The molecule has 0 aliphatic carbocycles. The summed E-state index contributed by atoms with van der Waals surface area (Å²) in [4.78, 5) is 12.4. The molecule has 1 saturated heterocycles. The van der Waals surface area contributed by atoms with Gasteiger partial charge in [-0.2, -0.15) is 0 Å². The predicted molar refractivity (Wildman–Crippen MR) is 75.9 cm³/mol. The number of piperazine rings is 1. The molecule has 2 rings (SSSR count). The van der Waals surface area contributed by atoms with Crippen LogP contribution in [0.2, 0.25) is 0 Å². The van der Waals surface area contributed by atoms with Gasteiger partial charge in [-0.1, -0.05) is 0 Å². The van der Waals surface area contributed by atoms with E-state index >= 15 is 0 Å². The van der Waals surface area contributed by atoms with Gasteiger partial charge in [0.2, 0.25) is 0 Å². The molecular formula is C12H17N3O4S. The lowest BCUT2D eigenvalue weighted by atomic mass is 10.1. The summed E-state index contributed by atoms with van der Waals surface area (Å²) in [5.74, 6) is 0. The summed E-state index contributed by atoms with van der Waals surface area (Å²) in [6, 6.07) is 3.97. The van der Waals surface area contributed by atoms with Crippen LogP contribution in [-0.4, -0.2) is 45.3 Å². The molecule has 0 unspecified atom stereocenters. The van der Waals surface area contributed by atoms with Crippen molar-refractivity contribution in [1.29, 1.82) is 0 Å². The number of nitro groups is 1. The summed E-state index contributed by atoms with van der Waals surface area (Å²) in [6.07, 6.45) is 1.12. The van der Waals surface area contributed by atoms with Crippen molar-refractivity contribution in [3.05, 3.63) is 28.3 Å². The highest BCUT2D eigenvalue weighted by molar-refractivity contribution is 7.90. The number of sulfone groups is 1. The van der Waals surface area contributed by atoms with Gasteiger partial charge in [-0.3, -0.25) is 10.1 Å². The molecule has 0 aromatic heterocycles. The molecule has 0 spiro atoms. The molecule has 0 radical (unpaired) electrons. The Hall–Kier alpha value is -1.67. The highest BCUT2D eigenvalue weighted by atomic mass is 32.2. The standard InChI is InChI=1S/C12H17N3O4S/c1-9-8-13-5-6-14(9)11-7-10(15(16)17)3-4-12(11)20(2,18)19/h3-4,7,9,13H,5-6,8H2,1-2H3/t9-/m0/s1. The number of anilines is 1. The molecular weight excluding hydrogens is 282 g/mol. The van der Waals surface area contributed by atoms with E-state index in [1.807, 2.05) is 11.8 Å². The van der Waals surface area contributed by atoms with Crippen LogP contribution in [0.15, 0.2) is 23.1 Å². The molecule has 1 aliphatic heterocycles. The average molecular weight is 299 g/mol. The highest BCUT2D eigenvalue weighted by Crippen LogP contribution is 2.31. The Kier molecular flexibility index (Phi) is 3.96. The van der Waals surface area contributed by atoms with Crippen molar-refractivity contribution in [2.24, 2.45) is 0 Å². The lowest BCUT2D eigenvalue weighted by Gasteiger charge is -2.36. The zero-order valence-electron chi connectivity index (χ0n) is 11.4. The van der Waals surface area contributed by atoms with Gasteiger partial charge >= 0.3 is 0 Å². The number of hydrogen-bond donors (Lipinski definition) is 1. The lowest BCUT2D eigenvalue weighted by molar-refractivity contribution is -0.384. The average Bonchev–Trinajstić information content (AvgIpc) is 2.37. The Balaban J connectivity index is 2.57. The van der Waals surface area contributed by atoms with E-state index in [1.54, 1.807) is 0 Å². The second kappa shape index (κ2) is 5.37. The summed E-state index contributed by atoms with van der Waals surface area (Å²) >= 11 is 0. The van der Waals surface area contributed by atoms with Gasteiger partial charge in [-0.15, -0.1) is 0 Å². The fourth-order valence-electron chi connectivity index (χ4n) is 2.36. The maximum absolute atomic E-state index is 11.9. The first-order chi connectivity index (χ1) is 9.30. The second-order valence-electron chi connectivity index (χ2n) is 4.93. The molecule has 1 heterocycles. The van der Waals surface area contributed by atoms with Crippen molar-refractivity contribution in [1.82, 2.24) is 5.32 Å². The third-order valence-corrected chi connectivity index (χ3v) is 4.51. The van der Waals surface area contributed by atoms with Gasteiger partial charge in [0.25, 0.3) is 5.69 Å². The fraction of sp³-hybridized carbons (Fsp3) is 0.500. The van der Waals surface area contributed by atoms with Crippen LogP contribution in [0.3, 0.4) is 0 Å². The molecule has 8 heteroatoms. The third kappa shape index (κ3) is 2.91. The first kappa shape index (κ1) is 14.7. The van der Waals surface area contributed by atoms with Gasteiger partial charge < -0.3 is 10.2 Å². The van der Waals surface area contributed by atoms with E-state index in [2.05, 4.69) is 5.32 Å². The van der Waals surface area contributed by atoms with Crippen LogP contribution < -0.4 is 10.2 Å². The summed E-state index contributed by atoms with van der Waals surface area (Å²) in [5.41, 5.74) is 0.314. The fourth-order valence-corrected chi connectivity index (χ4v) is 3.23. The number of nitro benzene ring substituents is 1. The van der Waals surface area contributed by atoms with E-state index in [9.17, 15) is 18.5 Å². The Morgan fingerprint density at radius 3 is 2.70 bits per heavy atom. The predicted octanol–water partition coefficient (Wildman–Crippen LogP) is 0.796. The number of non-ortho nitro benzene ring substituents is 1. The number of benzene rings is 1. The van der Waals surface area contributed by atoms with E-state index in [4.69, 9.17) is 0 Å². The summed E-state index contributed by atoms with van der Waals surface area (Å²) < 4.78 is 23.7. The number of nitrogens with zero attached hydrogens (tertiary/aromatic N) is 2. The molecule has 0 bridgehead atoms. The van der Waals surface area contributed by atoms with Crippen molar-refractivity contribution in [3.63, 3.8) is 0 Å². The van der Waals surface area contributed by atoms with Crippen molar-refractivity contribution in [3.8, 4) is 0 Å². The normalized spacial score (nSPS) is 19.9. The summed E-state index contributed by atoms with van der Waals surface area (Å²) in [6.45, 7) is 4.00. The van der Waals surface area contributed by atoms with Crippen molar-refractivity contribution >= 4 is 21.2 Å². The molecule has 0 amide bonds. The molecule has 0 saturated carbocycles. The Bertz CT molecular complexity index is 630. The van der Waals surface area contributed by atoms with Crippen molar-refractivity contribution < 1.29 is 13.3 Å². The van der Waals surface area contributed by atoms with Crippen LogP contribution in [0, 0.1) is 10.1 Å². The molecule has 1 atom stereocenters. The molecule has 110 valence electrons. The molecule has 1 aromatic carbocycles. The highest BCUT2D eigenvalue weighted by Gasteiger charge is 2.26. The smallest absolute Gasteiger partial charge is 0.271 e. The zero-order valence-corrected chi connectivity index (χ0v) is 12.2. The SMILES string of the molecule is C[C@H]1CNCCN1c1cc([N+](=O)[O-])ccc1S(C)(=O)=O. The molecule has 1 aromatic rings. The minimum atomic E-state index is -3.43. The van der Waals surface area contributed by atoms with E-state index < -0.39 is 14.8 Å². The molecule has 1 N–H and O–H groups in total. The van der Waals surface area contributed by atoms with Crippen LogP contribution in [-0.2, 0) is 9.84 Å². The maximum atomic E-state index is 11.9. The summed E-state index contributed by atoms with van der Waals surface area (Å²) in [5, 5.41) is 14.1. The van der Waals surface area contributed by atoms with Gasteiger partial charge in [0.05, 0.1) is 15.5 Å². The summed E-state index contributed by atoms with van der Waals surface area (Å²) in [7, 11) is -3.43. The van der Waals surface area contributed by atoms with Gasteiger partial charge in [-0.05, 0) is 13.0 Å². The Morgan fingerprint density at radius 2 is 2.15 bits per heavy atom. The molecule has 20 heavy (non-hydrogen) atoms. The lowest BCUT2D eigenvalue weighted by Crippen LogP contribution is -2.50. The minimum Gasteiger partial charge on any atom is -0.365 e. The van der Waals surface area contributed by atoms with E-state index in [0.717, 1.165) is 12.8 Å². The molecule has 1 fully saturated rings. The molecule has 7 nitrogen and oxygen atoms in total. The molecule has 1 aliphatic rings. The van der Waals surface area contributed by atoms with Crippen molar-refractivity contribution in [2.75, 3.05) is 30.8 Å². The third-order valence-electron chi connectivity index (χ3n) is 3.36. The largest absolute Gasteiger partial charge is 0.365 e. The maximum Gasteiger partial charge on any atom is 0.271 e. The first-order valence-corrected chi connectivity index (χ1v) is 8.15.